The molecular formula is C13H21N3O3. The van der Waals surface area contributed by atoms with Gasteiger partial charge >= 0.3 is 0 Å². The molecule has 0 bridgehead atoms. The van der Waals surface area contributed by atoms with Crippen molar-refractivity contribution in [2.24, 2.45) is 5.92 Å². The van der Waals surface area contributed by atoms with Gasteiger partial charge in [0.15, 0.2) is 0 Å². The number of ether oxygens (including phenoxy) is 1. The number of nitro groups is 1. The van der Waals surface area contributed by atoms with E-state index in [9.17, 15) is 10.1 Å². The molecule has 0 heterocycles. The van der Waals surface area contributed by atoms with Gasteiger partial charge in [0.05, 0.1) is 17.6 Å². The maximum absolute atomic E-state index is 10.7. The van der Waals surface area contributed by atoms with Crippen molar-refractivity contribution in [1.29, 1.82) is 0 Å². The van der Waals surface area contributed by atoms with E-state index in [1.165, 1.54) is 6.07 Å². The number of hydrogen-bond donors (Lipinski definition) is 2. The van der Waals surface area contributed by atoms with Crippen molar-refractivity contribution in [3.05, 3.63) is 28.3 Å². The normalized spacial score (nSPS) is 12.4. The number of nitrogens with one attached hydrogen (secondary N) is 1. The van der Waals surface area contributed by atoms with Gasteiger partial charge in [-0.25, -0.2) is 0 Å². The third-order valence-electron chi connectivity index (χ3n) is 2.88. The highest BCUT2D eigenvalue weighted by molar-refractivity contribution is 5.66. The Morgan fingerprint density at radius 3 is 2.63 bits per heavy atom. The summed E-state index contributed by atoms with van der Waals surface area (Å²) in [6, 6.07) is 4.80. The molecule has 1 rings (SSSR count). The van der Waals surface area contributed by atoms with Crippen LogP contribution in [0.4, 0.5) is 17.1 Å². The number of anilines is 2. The molecule has 0 saturated carbocycles. The topological polar surface area (TPSA) is 90.4 Å². The monoisotopic (exact) mass is 267 g/mol. The minimum Gasteiger partial charge on any atom is -0.393 e. The van der Waals surface area contributed by atoms with Crippen molar-refractivity contribution in [2.75, 3.05) is 24.3 Å². The van der Waals surface area contributed by atoms with Crippen LogP contribution in [0.5, 0.6) is 0 Å². The van der Waals surface area contributed by atoms with Crippen LogP contribution in [0.15, 0.2) is 18.2 Å². The van der Waals surface area contributed by atoms with E-state index in [2.05, 4.69) is 19.2 Å². The first-order chi connectivity index (χ1) is 8.95. The minimum atomic E-state index is -0.487. The van der Waals surface area contributed by atoms with Gasteiger partial charge in [-0.15, -0.1) is 0 Å². The van der Waals surface area contributed by atoms with E-state index in [4.69, 9.17) is 10.5 Å². The molecule has 0 radical (unpaired) electrons. The fourth-order valence-electron chi connectivity index (χ4n) is 1.67. The largest absolute Gasteiger partial charge is 0.393 e. The first-order valence-electron chi connectivity index (χ1n) is 6.33. The third kappa shape index (κ3) is 4.40. The van der Waals surface area contributed by atoms with Gasteiger partial charge < -0.3 is 15.8 Å². The number of benzene rings is 1. The molecule has 1 unspecified atom stereocenters. The molecule has 106 valence electrons. The van der Waals surface area contributed by atoms with Crippen LogP contribution in [0.25, 0.3) is 0 Å². The van der Waals surface area contributed by atoms with Gasteiger partial charge in [-0.3, -0.25) is 10.1 Å². The maximum atomic E-state index is 10.7. The van der Waals surface area contributed by atoms with E-state index in [-0.39, 0.29) is 17.4 Å². The lowest BCUT2D eigenvalue weighted by atomic mass is 10.0. The number of nitro benzene ring substituents is 1. The van der Waals surface area contributed by atoms with E-state index in [1.54, 1.807) is 12.1 Å². The summed E-state index contributed by atoms with van der Waals surface area (Å²) in [7, 11) is 0. The van der Waals surface area contributed by atoms with Crippen LogP contribution < -0.4 is 11.1 Å². The Kier molecular flexibility index (Phi) is 5.57. The molecule has 0 aliphatic heterocycles. The highest BCUT2D eigenvalue weighted by Gasteiger charge is 2.16. The first kappa shape index (κ1) is 15.2. The summed E-state index contributed by atoms with van der Waals surface area (Å²) in [6.45, 7) is 7.37. The predicted molar refractivity (Wildman–Crippen MR) is 76.3 cm³/mol. The third-order valence-corrected chi connectivity index (χ3v) is 2.88. The van der Waals surface area contributed by atoms with Crippen molar-refractivity contribution < 1.29 is 9.66 Å². The number of nitrogens with two attached hydrogens (primary N) is 1. The minimum absolute atomic E-state index is 0.0727. The molecule has 0 aromatic heterocycles. The summed E-state index contributed by atoms with van der Waals surface area (Å²) in [6.07, 6.45) is 0. The van der Waals surface area contributed by atoms with Crippen molar-refractivity contribution >= 4 is 17.1 Å². The van der Waals surface area contributed by atoms with E-state index < -0.39 is 4.92 Å². The Morgan fingerprint density at radius 2 is 2.16 bits per heavy atom. The van der Waals surface area contributed by atoms with Gasteiger partial charge in [-0.1, -0.05) is 13.8 Å². The van der Waals surface area contributed by atoms with Gasteiger partial charge in [0.2, 0.25) is 0 Å². The summed E-state index contributed by atoms with van der Waals surface area (Å²) >= 11 is 0. The summed E-state index contributed by atoms with van der Waals surface area (Å²) in [5.41, 5.74) is 6.51. The smallest absolute Gasteiger partial charge is 0.292 e. The molecule has 0 spiro atoms. The Labute approximate surface area is 113 Å². The zero-order valence-corrected chi connectivity index (χ0v) is 11.6. The quantitative estimate of drug-likeness (QED) is 0.450. The Bertz CT molecular complexity index is 435. The van der Waals surface area contributed by atoms with Crippen LogP contribution in [0.1, 0.15) is 20.8 Å². The average molecular weight is 267 g/mol. The van der Waals surface area contributed by atoms with Gasteiger partial charge in [0.25, 0.3) is 5.69 Å². The summed E-state index contributed by atoms with van der Waals surface area (Å²) in [5.74, 6) is 0.378. The fourth-order valence-corrected chi connectivity index (χ4v) is 1.67. The van der Waals surface area contributed by atoms with E-state index in [1.807, 2.05) is 6.92 Å². The van der Waals surface area contributed by atoms with Crippen LogP contribution in [-0.4, -0.2) is 24.2 Å². The zero-order chi connectivity index (χ0) is 14.4. The molecule has 0 saturated heterocycles. The van der Waals surface area contributed by atoms with Crippen LogP contribution in [0.3, 0.4) is 0 Å². The van der Waals surface area contributed by atoms with Crippen LogP contribution in [-0.2, 0) is 4.74 Å². The lowest BCUT2D eigenvalue weighted by molar-refractivity contribution is -0.383. The maximum Gasteiger partial charge on any atom is 0.292 e. The molecule has 0 aliphatic carbocycles. The van der Waals surface area contributed by atoms with Crippen LogP contribution in [0, 0.1) is 16.0 Å². The van der Waals surface area contributed by atoms with Gasteiger partial charge in [0, 0.05) is 18.4 Å². The molecule has 19 heavy (non-hydrogen) atoms. The van der Waals surface area contributed by atoms with E-state index >= 15 is 0 Å². The number of nitrogen functional groups attached to an aromatic ring is 1. The molecule has 6 heteroatoms. The van der Waals surface area contributed by atoms with Gasteiger partial charge in [0.1, 0.15) is 5.69 Å². The standard InChI is InChI=1S/C13H21N3O3/c1-4-19-8-12(9(2)3)15-10-5-6-13(16(17)18)11(14)7-10/h5-7,9,12,15H,4,8,14H2,1-3H3. The molecule has 0 fully saturated rings. The van der Waals surface area contributed by atoms with E-state index in [0.717, 1.165) is 5.69 Å². The highest BCUT2D eigenvalue weighted by atomic mass is 16.6. The average Bonchev–Trinajstić information content (AvgIpc) is 2.33. The molecule has 1 atom stereocenters. The molecular weight excluding hydrogens is 246 g/mol. The van der Waals surface area contributed by atoms with Crippen molar-refractivity contribution in [1.82, 2.24) is 0 Å². The highest BCUT2D eigenvalue weighted by Crippen LogP contribution is 2.25. The van der Waals surface area contributed by atoms with Crippen LogP contribution >= 0.6 is 0 Å². The Hall–Kier alpha value is -1.82. The molecule has 0 aliphatic rings. The summed E-state index contributed by atoms with van der Waals surface area (Å²) in [4.78, 5) is 10.2. The fraction of sp³-hybridized carbons (Fsp3) is 0.538. The number of hydrogen-bond acceptors (Lipinski definition) is 5. The van der Waals surface area contributed by atoms with Crippen LogP contribution in [0.2, 0.25) is 0 Å². The lowest BCUT2D eigenvalue weighted by Crippen LogP contribution is -2.30. The zero-order valence-electron chi connectivity index (χ0n) is 11.6. The first-order valence-corrected chi connectivity index (χ1v) is 6.33. The molecule has 3 N–H and O–H groups in total. The second kappa shape index (κ2) is 6.94. The van der Waals surface area contributed by atoms with E-state index in [0.29, 0.717) is 19.1 Å². The van der Waals surface area contributed by atoms with Gasteiger partial charge in [-0.2, -0.15) is 0 Å². The summed E-state index contributed by atoms with van der Waals surface area (Å²) < 4.78 is 5.42. The molecule has 0 amide bonds. The second-order valence-electron chi connectivity index (χ2n) is 4.69. The number of nitrogens with zero attached hydrogens (tertiary/aromatic N) is 1. The Morgan fingerprint density at radius 1 is 1.47 bits per heavy atom. The SMILES string of the molecule is CCOCC(Nc1ccc([N+](=O)[O-])c(N)c1)C(C)C. The Balaban J connectivity index is 2.79. The van der Waals surface area contributed by atoms with Crippen molar-refractivity contribution in [3.8, 4) is 0 Å². The molecule has 1 aromatic rings. The van der Waals surface area contributed by atoms with Crippen molar-refractivity contribution in [2.45, 2.75) is 26.8 Å². The molecule has 1 aromatic carbocycles. The van der Waals surface area contributed by atoms with Gasteiger partial charge in [-0.05, 0) is 25.0 Å². The number of rotatable bonds is 7. The predicted octanol–water partition coefficient (Wildman–Crippen LogP) is 2.65. The molecule has 6 nitrogen and oxygen atoms in total. The van der Waals surface area contributed by atoms with Crippen molar-refractivity contribution in [3.63, 3.8) is 0 Å². The summed E-state index contributed by atoms with van der Waals surface area (Å²) in [5, 5.41) is 14.0. The second-order valence-corrected chi connectivity index (χ2v) is 4.69. The lowest BCUT2D eigenvalue weighted by Gasteiger charge is -2.23.